The average molecular weight is 578 g/mol. The van der Waals surface area contributed by atoms with Crippen LogP contribution in [0.25, 0.3) is 28.1 Å². The third kappa shape index (κ3) is 5.60. The van der Waals surface area contributed by atoms with Crippen LogP contribution in [-0.4, -0.2) is 38.7 Å². The van der Waals surface area contributed by atoms with E-state index >= 15 is 4.39 Å². The molecule has 216 valence electrons. The first-order valence-corrected chi connectivity index (χ1v) is 13.4. The summed E-state index contributed by atoms with van der Waals surface area (Å²) in [4.78, 5) is 17.9. The van der Waals surface area contributed by atoms with Gasteiger partial charge in [0.1, 0.15) is 29.0 Å². The van der Waals surface area contributed by atoms with Crippen molar-refractivity contribution in [1.29, 1.82) is 0 Å². The molecule has 3 N–H and O–H groups in total. The second-order valence-corrected chi connectivity index (χ2v) is 9.68. The Kier molecular flexibility index (Phi) is 7.44. The molecule has 0 bridgehead atoms. The Morgan fingerprint density at radius 2 is 1.74 bits per heavy atom. The molecule has 0 aliphatic carbocycles. The van der Waals surface area contributed by atoms with Gasteiger partial charge in [-0.3, -0.25) is 0 Å². The summed E-state index contributed by atoms with van der Waals surface area (Å²) in [6, 6.07) is 21.3. The highest BCUT2D eigenvalue weighted by molar-refractivity contribution is 5.93. The highest BCUT2D eigenvalue weighted by atomic mass is 19.1. The van der Waals surface area contributed by atoms with E-state index in [1.54, 1.807) is 50.7 Å². The standard InChI is InChI=1S/C32H28FN7O3/c1-19-5-4-6-29(39-19)43-27-12-9-22(14-24(27)33)40-26(30-28(42-3)13-21(34)17-35-30)15-25-31(40)32(38-18-37-25)36-16-20-7-10-23(41-2)11-8-20/h4-15,17-18H,16,34H2,1-3H3,(H,36,37,38). The van der Waals surface area contributed by atoms with Crippen molar-refractivity contribution in [2.75, 3.05) is 25.3 Å². The molecule has 10 nitrogen and oxygen atoms in total. The summed E-state index contributed by atoms with van der Waals surface area (Å²) in [5.74, 6) is 1.53. The molecule has 0 amide bonds. The van der Waals surface area contributed by atoms with Gasteiger partial charge in [-0.15, -0.1) is 0 Å². The highest BCUT2D eigenvalue weighted by Gasteiger charge is 2.22. The molecule has 4 aromatic heterocycles. The van der Waals surface area contributed by atoms with E-state index in [0.29, 0.717) is 57.8 Å². The zero-order valence-corrected chi connectivity index (χ0v) is 23.7. The maximum Gasteiger partial charge on any atom is 0.219 e. The summed E-state index contributed by atoms with van der Waals surface area (Å²) in [6.45, 7) is 2.32. The molecule has 0 spiro atoms. The predicted octanol–water partition coefficient (Wildman–Crippen LogP) is 6.33. The quantitative estimate of drug-likeness (QED) is 0.203. The number of aryl methyl sites for hydroxylation is 1. The predicted molar refractivity (Wildman–Crippen MR) is 162 cm³/mol. The van der Waals surface area contributed by atoms with Gasteiger partial charge in [-0.25, -0.2) is 24.3 Å². The van der Waals surface area contributed by atoms with Gasteiger partial charge in [0.2, 0.25) is 5.88 Å². The molecule has 6 aromatic rings. The molecule has 2 aromatic carbocycles. The number of pyridine rings is 2. The zero-order valence-electron chi connectivity index (χ0n) is 23.7. The molecule has 11 heteroatoms. The number of rotatable bonds is 9. The summed E-state index contributed by atoms with van der Waals surface area (Å²) >= 11 is 0. The van der Waals surface area contributed by atoms with Crippen molar-refractivity contribution >= 4 is 22.5 Å². The first-order valence-electron chi connectivity index (χ1n) is 13.4. The Labute approximate surface area is 246 Å². The smallest absolute Gasteiger partial charge is 0.219 e. The van der Waals surface area contributed by atoms with Crippen LogP contribution in [0.2, 0.25) is 0 Å². The number of aromatic nitrogens is 5. The van der Waals surface area contributed by atoms with Crippen LogP contribution in [0.3, 0.4) is 0 Å². The summed E-state index contributed by atoms with van der Waals surface area (Å²) < 4.78 is 34.1. The lowest BCUT2D eigenvalue weighted by Gasteiger charge is -2.16. The van der Waals surface area contributed by atoms with Gasteiger partial charge in [-0.05, 0) is 48.9 Å². The van der Waals surface area contributed by atoms with Crippen LogP contribution in [0.15, 0.2) is 85.3 Å². The number of hydrogen-bond acceptors (Lipinski definition) is 9. The Balaban J connectivity index is 1.47. The molecule has 0 atom stereocenters. The minimum atomic E-state index is -0.574. The Bertz CT molecular complexity index is 1930. The number of halogens is 1. The third-order valence-corrected chi connectivity index (χ3v) is 6.79. The van der Waals surface area contributed by atoms with Crippen LogP contribution in [0, 0.1) is 12.7 Å². The fourth-order valence-corrected chi connectivity index (χ4v) is 4.74. The van der Waals surface area contributed by atoms with E-state index < -0.39 is 5.82 Å². The van der Waals surface area contributed by atoms with Gasteiger partial charge in [-0.1, -0.05) is 18.2 Å². The van der Waals surface area contributed by atoms with Gasteiger partial charge in [0.05, 0.1) is 37.3 Å². The van der Waals surface area contributed by atoms with E-state index in [2.05, 4.69) is 25.3 Å². The van der Waals surface area contributed by atoms with Crippen LogP contribution in [0.1, 0.15) is 11.3 Å². The fourth-order valence-electron chi connectivity index (χ4n) is 4.74. The van der Waals surface area contributed by atoms with Gasteiger partial charge in [-0.2, -0.15) is 0 Å². The number of fused-ring (bicyclic) bond motifs is 1. The van der Waals surface area contributed by atoms with Gasteiger partial charge in [0, 0.05) is 36.1 Å². The number of nitrogen functional groups attached to an aromatic ring is 1. The van der Waals surface area contributed by atoms with Crippen molar-refractivity contribution in [3.05, 3.63) is 102 Å². The van der Waals surface area contributed by atoms with E-state index in [1.807, 2.05) is 47.9 Å². The van der Waals surface area contributed by atoms with E-state index in [4.69, 9.17) is 19.9 Å². The van der Waals surface area contributed by atoms with E-state index in [9.17, 15) is 0 Å². The number of nitrogens with two attached hydrogens (primary N) is 1. The number of nitrogens with one attached hydrogen (secondary N) is 1. The topological polar surface area (TPSA) is 122 Å². The molecule has 4 heterocycles. The van der Waals surface area contributed by atoms with Gasteiger partial charge >= 0.3 is 0 Å². The Morgan fingerprint density at radius 1 is 0.907 bits per heavy atom. The number of hydrogen-bond donors (Lipinski definition) is 2. The summed E-state index contributed by atoms with van der Waals surface area (Å²) in [5.41, 5.74) is 11.1. The lowest BCUT2D eigenvalue weighted by Crippen LogP contribution is -2.06. The minimum Gasteiger partial charge on any atom is -0.497 e. The number of benzene rings is 2. The highest BCUT2D eigenvalue weighted by Crippen LogP contribution is 2.38. The van der Waals surface area contributed by atoms with Crippen LogP contribution < -0.4 is 25.3 Å². The molecular formula is C32H28FN7O3. The second kappa shape index (κ2) is 11.6. The monoisotopic (exact) mass is 577 g/mol. The van der Waals surface area contributed by atoms with Gasteiger partial charge < -0.3 is 29.8 Å². The normalized spacial score (nSPS) is 11.0. The SMILES string of the molecule is COc1ccc(CNc2ncnc3cc(-c4ncc(N)cc4OC)n(-c4ccc(Oc5cccc(C)n5)c(F)c4)c23)cc1. The molecule has 0 fully saturated rings. The van der Waals surface area contributed by atoms with Crippen LogP contribution in [0.5, 0.6) is 23.1 Å². The first kappa shape index (κ1) is 27.5. The summed E-state index contributed by atoms with van der Waals surface area (Å²) in [7, 11) is 3.17. The van der Waals surface area contributed by atoms with Crippen molar-refractivity contribution in [2.45, 2.75) is 13.5 Å². The number of nitrogens with zero attached hydrogens (tertiary/aromatic N) is 5. The maximum absolute atomic E-state index is 15.6. The van der Waals surface area contributed by atoms with E-state index in [1.165, 1.54) is 12.4 Å². The van der Waals surface area contributed by atoms with Crippen molar-refractivity contribution in [1.82, 2.24) is 24.5 Å². The molecule has 0 aliphatic rings. The van der Waals surface area contributed by atoms with Crippen molar-refractivity contribution in [3.8, 4) is 40.2 Å². The number of anilines is 2. The first-order chi connectivity index (χ1) is 20.9. The molecule has 0 aliphatic heterocycles. The number of ether oxygens (including phenoxy) is 3. The largest absolute Gasteiger partial charge is 0.497 e. The Hall–Kier alpha value is -5.71. The average Bonchev–Trinajstić information content (AvgIpc) is 3.41. The summed E-state index contributed by atoms with van der Waals surface area (Å²) in [5, 5.41) is 3.41. The molecule has 0 radical (unpaired) electrons. The van der Waals surface area contributed by atoms with Crippen molar-refractivity contribution < 1.29 is 18.6 Å². The fraction of sp³-hybridized carbons (Fsp3) is 0.125. The molecular weight excluding hydrogens is 549 g/mol. The van der Waals surface area contributed by atoms with E-state index in [-0.39, 0.29) is 5.75 Å². The van der Waals surface area contributed by atoms with E-state index in [0.717, 1.165) is 17.0 Å². The zero-order chi connectivity index (χ0) is 29.9. The molecule has 43 heavy (non-hydrogen) atoms. The van der Waals surface area contributed by atoms with Crippen molar-refractivity contribution in [2.24, 2.45) is 0 Å². The van der Waals surface area contributed by atoms with Crippen LogP contribution in [0.4, 0.5) is 15.9 Å². The lowest BCUT2D eigenvalue weighted by atomic mass is 10.2. The van der Waals surface area contributed by atoms with Gasteiger partial charge in [0.15, 0.2) is 17.4 Å². The van der Waals surface area contributed by atoms with Crippen LogP contribution in [-0.2, 0) is 6.54 Å². The van der Waals surface area contributed by atoms with Crippen LogP contribution >= 0.6 is 0 Å². The summed E-state index contributed by atoms with van der Waals surface area (Å²) in [6.07, 6.45) is 3.02. The molecule has 6 rings (SSSR count). The minimum absolute atomic E-state index is 0.0390. The lowest BCUT2D eigenvalue weighted by molar-refractivity contribution is 0.414. The number of methoxy groups -OCH3 is 2. The molecule has 0 saturated carbocycles. The van der Waals surface area contributed by atoms with Crippen molar-refractivity contribution in [3.63, 3.8) is 0 Å². The second-order valence-electron chi connectivity index (χ2n) is 9.68. The molecule has 0 saturated heterocycles. The van der Waals surface area contributed by atoms with Gasteiger partial charge in [0.25, 0.3) is 0 Å². The Morgan fingerprint density at radius 3 is 2.49 bits per heavy atom. The molecule has 0 unspecified atom stereocenters. The third-order valence-electron chi connectivity index (χ3n) is 6.79. The maximum atomic E-state index is 15.6.